The fourth-order valence-corrected chi connectivity index (χ4v) is 3.07. The minimum absolute atomic E-state index is 0.0594. The van der Waals surface area contributed by atoms with Gasteiger partial charge in [-0.15, -0.1) is 11.3 Å². The SMILES string of the molecule is Cc1ccc(Cn2c(N)nc3cc(Cl)c(F)cc32)s1. The van der Waals surface area contributed by atoms with Gasteiger partial charge < -0.3 is 10.3 Å². The second-order valence-electron chi connectivity index (χ2n) is 4.32. The van der Waals surface area contributed by atoms with Crippen LogP contribution in [0.3, 0.4) is 0 Å². The highest BCUT2D eigenvalue weighted by Gasteiger charge is 2.12. The summed E-state index contributed by atoms with van der Waals surface area (Å²) in [6.45, 7) is 2.63. The van der Waals surface area contributed by atoms with Crippen molar-refractivity contribution in [3.63, 3.8) is 0 Å². The Labute approximate surface area is 118 Å². The van der Waals surface area contributed by atoms with Gasteiger partial charge in [-0.3, -0.25) is 0 Å². The summed E-state index contributed by atoms with van der Waals surface area (Å²) >= 11 is 7.44. The number of aromatic nitrogens is 2. The second-order valence-corrected chi connectivity index (χ2v) is 6.10. The standard InChI is InChI=1S/C13H11ClFN3S/c1-7-2-3-8(19-7)6-18-12-5-10(15)9(14)4-11(12)17-13(18)16/h2-5H,6H2,1H3,(H2,16,17). The van der Waals surface area contributed by atoms with Crippen LogP contribution in [0.15, 0.2) is 24.3 Å². The summed E-state index contributed by atoms with van der Waals surface area (Å²) < 4.78 is 15.4. The van der Waals surface area contributed by atoms with Crippen molar-refractivity contribution in [2.45, 2.75) is 13.5 Å². The molecule has 0 aliphatic rings. The van der Waals surface area contributed by atoms with E-state index in [0.717, 1.165) is 4.88 Å². The lowest BCUT2D eigenvalue weighted by atomic mass is 10.3. The molecule has 0 radical (unpaired) electrons. The van der Waals surface area contributed by atoms with E-state index in [4.69, 9.17) is 17.3 Å². The van der Waals surface area contributed by atoms with Crippen LogP contribution in [0.5, 0.6) is 0 Å². The monoisotopic (exact) mass is 295 g/mol. The Balaban J connectivity index is 2.12. The molecule has 0 bridgehead atoms. The number of nitrogen functional groups attached to an aromatic ring is 1. The van der Waals surface area contributed by atoms with Crippen LogP contribution in [0.4, 0.5) is 10.3 Å². The maximum absolute atomic E-state index is 13.6. The molecule has 0 atom stereocenters. The van der Waals surface area contributed by atoms with Gasteiger partial charge in [0.25, 0.3) is 0 Å². The third-order valence-electron chi connectivity index (χ3n) is 2.93. The fourth-order valence-electron chi connectivity index (χ4n) is 2.03. The van der Waals surface area contributed by atoms with E-state index in [0.29, 0.717) is 23.5 Å². The van der Waals surface area contributed by atoms with Gasteiger partial charge in [-0.25, -0.2) is 9.37 Å². The van der Waals surface area contributed by atoms with Crippen molar-refractivity contribution < 1.29 is 4.39 Å². The summed E-state index contributed by atoms with van der Waals surface area (Å²) in [4.78, 5) is 6.59. The summed E-state index contributed by atoms with van der Waals surface area (Å²) in [5.41, 5.74) is 7.17. The van der Waals surface area contributed by atoms with Crippen LogP contribution in [0, 0.1) is 12.7 Å². The highest BCUT2D eigenvalue weighted by atomic mass is 35.5. The van der Waals surface area contributed by atoms with Crippen LogP contribution in [-0.4, -0.2) is 9.55 Å². The van der Waals surface area contributed by atoms with E-state index < -0.39 is 5.82 Å². The zero-order chi connectivity index (χ0) is 13.6. The first-order chi connectivity index (χ1) is 9.04. The predicted octanol–water partition coefficient (Wildman–Crippen LogP) is 3.83. The molecule has 2 aromatic heterocycles. The third kappa shape index (κ3) is 2.19. The van der Waals surface area contributed by atoms with Gasteiger partial charge in [-0.2, -0.15) is 0 Å². The first-order valence-corrected chi connectivity index (χ1v) is 6.90. The smallest absolute Gasteiger partial charge is 0.201 e. The Morgan fingerprint density at radius 3 is 2.89 bits per heavy atom. The maximum atomic E-state index is 13.6. The highest BCUT2D eigenvalue weighted by molar-refractivity contribution is 7.11. The Morgan fingerprint density at radius 1 is 1.42 bits per heavy atom. The van der Waals surface area contributed by atoms with Crippen molar-refractivity contribution >= 4 is 39.9 Å². The Kier molecular flexibility index (Phi) is 2.95. The molecule has 0 spiro atoms. The number of aryl methyl sites for hydroxylation is 1. The highest BCUT2D eigenvalue weighted by Crippen LogP contribution is 2.26. The molecule has 0 aliphatic heterocycles. The summed E-state index contributed by atoms with van der Waals surface area (Å²) in [6, 6.07) is 6.96. The molecular formula is C13H11ClFN3S. The largest absolute Gasteiger partial charge is 0.369 e. The first kappa shape index (κ1) is 12.4. The van der Waals surface area contributed by atoms with E-state index in [-0.39, 0.29) is 5.02 Å². The zero-order valence-corrected chi connectivity index (χ0v) is 11.7. The number of anilines is 1. The molecule has 2 heterocycles. The number of hydrogen-bond acceptors (Lipinski definition) is 3. The number of benzene rings is 1. The molecule has 98 valence electrons. The zero-order valence-electron chi connectivity index (χ0n) is 10.2. The molecule has 2 N–H and O–H groups in total. The van der Waals surface area contributed by atoms with Gasteiger partial charge in [0.15, 0.2) is 0 Å². The molecule has 0 saturated heterocycles. The van der Waals surface area contributed by atoms with Crippen LogP contribution in [0.2, 0.25) is 5.02 Å². The van der Waals surface area contributed by atoms with Crippen LogP contribution in [0.25, 0.3) is 11.0 Å². The number of rotatable bonds is 2. The number of thiophene rings is 1. The average Bonchev–Trinajstić information content (AvgIpc) is 2.87. The number of halogens is 2. The summed E-state index contributed by atoms with van der Waals surface area (Å²) in [7, 11) is 0. The summed E-state index contributed by atoms with van der Waals surface area (Å²) in [5.74, 6) is -0.0969. The van der Waals surface area contributed by atoms with E-state index >= 15 is 0 Å². The molecule has 0 amide bonds. The Hall–Kier alpha value is -1.59. The van der Waals surface area contributed by atoms with Crippen molar-refractivity contribution in [1.82, 2.24) is 9.55 Å². The summed E-state index contributed by atoms with van der Waals surface area (Å²) in [6.07, 6.45) is 0. The van der Waals surface area contributed by atoms with Crippen molar-refractivity contribution in [2.24, 2.45) is 0 Å². The van der Waals surface area contributed by atoms with E-state index in [1.165, 1.54) is 17.0 Å². The molecule has 3 aromatic rings. The molecule has 3 rings (SSSR count). The quantitative estimate of drug-likeness (QED) is 0.781. The van der Waals surface area contributed by atoms with Gasteiger partial charge in [0, 0.05) is 15.8 Å². The number of nitrogens with zero attached hydrogens (tertiary/aromatic N) is 2. The first-order valence-electron chi connectivity index (χ1n) is 5.70. The van der Waals surface area contributed by atoms with Crippen LogP contribution >= 0.6 is 22.9 Å². The number of hydrogen-bond donors (Lipinski definition) is 1. The summed E-state index contributed by atoms with van der Waals surface area (Å²) in [5, 5.41) is 0.0594. The Bertz CT molecular complexity index is 763. The minimum Gasteiger partial charge on any atom is -0.369 e. The maximum Gasteiger partial charge on any atom is 0.201 e. The lowest BCUT2D eigenvalue weighted by Gasteiger charge is -2.04. The minimum atomic E-state index is -0.460. The number of nitrogens with two attached hydrogens (primary N) is 1. The number of fused-ring (bicyclic) bond motifs is 1. The average molecular weight is 296 g/mol. The molecular weight excluding hydrogens is 285 g/mol. The van der Waals surface area contributed by atoms with Crippen LogP contribution in [-0.2, 0) is 6.54 Å². The van der Waals surface area contributed by atoms with Gasteiger partial charge in [-0.1, -0.05) is 11.6 Å². The van der Waals surface area contributed by atoms with Crippen molar-refractivity contribution in [1.29, 1.82) is 0 Å². The van der Waals surface area contributed by atoms with E-state index in [1.807, 2.05) is 19.1 Å². The van der Waals surface area contributed by atoms with Gasteiger partial charge in [0.05, 0.1) is 22.6 Å². The predicted molar refractivity (Wildman–Crippen MR) is 77.3 cm³/mol. The molecule has 0 fully saturated rings. The molecule has 0 aliphatic carbocycles. The van der Waals surface area contributed by atoms with E-state index in [1.54, 1.807) is 15.9 Å². The lowest BCUT2D eigenvalue weighted by Crippen LogP contribution is -2.03. The molecule has 1 aromatic carbocycles. The van der Waals surface area contributed by atoms with Crippen LogP contribution in [0.1, 0.15) is 9.75 Å². The van der Waals surface area contributed by atoms with Crippen LogP contribution < -0.4 is 5.73 Å². The Morgan fingerprint density at radius 2 is 2.21 bits per heavy atom. The van der Waals surface area contributed by atoms with Crippen molar-refractivity contribution in [3.8, 4) is 0 Å². The van der Waals surface area contributed by atoms with Gasteiger partial charge in [-0.05, 0) is 25.1 Å². The topological polar surface area (TPSA) is 43.8 Å². The fraction of sp³-hybridized carbons (Fsp3) is 0.154. The molecule has 3 nitrogen and oxygen atoms in total. The van der Waals surface area contributed by atoms with Gasteiger partial charge in [0.2, 0.25) is 5.95 Å². The molecule has 6 heteroatoms. The second kappa shape index (κ2) is 4.51. The van der Waals surface area contributed by atoms with Crippen molar-refractivity contribution in [2.75, 3.05) is 5.73 Å². The normalized spacial score (nSPS) is 11.3. The molecule has 0 unspecified atom stereocenters. The van der Waals surface area contributed by atoms with Gasteiger partial charge in [0.1, 0.15) is 5.82 Å². The van der Waals surface area contributed by atoms with Gasteiger partial charge >= 0.3 is 0 Å². The molecule has 0 saturated carbocycles. The molecule has 19 heavy (non-hydrogen) atoms. The van der Waals surface area contributed by atoms with E-state index in [2.05, 4.69) is 4.98 Å². The third-order valence-corrected chi connectivity index (χ3v) is 4.20. The van der Waals surface area contributed by atoms with E-state index in [9.17, 15) is 4.39 Å². The lowest BCUT2D eigenvalue weighted by molar-refractivity contribution is 0.629. The van der Waals surface area contributed by atoms with Crippen molar-refractivity contribution in [3.05, 3.63) is 44.9 Å². The number of imidazole rings is 1.